The fourth-order valence-corrected chi connectivity index (χ4v) is 4.13. The van der Waals surface area contributed by atoms with Crippen molar-refractivity contribution in [3.05, 3.63) is 0 Å². The third-order valence-electron chi connectivity index (χ3n) is 6.47. The SMILES string of the molecule is N#CCCOCC(COCCC#N)(NC(=O)C(OCCC#N)C(OCCC#N)C(=O)NC(COCCC#N)(COCCC#N)OCCC#N)OCCC#N. The van der Waals surface area contributed by atoms with Crippen molar-refractivity contribution in [2.75, 3.05) is 79.3 Å². The number of hydrogen-bond acceptors (Lipinski definition) is 18. The van der Waals surface area contributed by atoms with Crippen molar-refractivity contribution in [3.8, 4) is 48.6 Å². The van der Waals surface area contributed by atoms with Crippen LogP contribution in [-0.4, -0.2) is 115 Å². The predicted molar refractivity (Wildman–Crippen MR) is 178 cm³/mol. The van der Waals surface area contributed by atoms with E-state index in [0.29, 0.717) is 0 Å². The van der Waals surface area contributed by atoms with E-state index < -0.39 is 61.9 Å². The Balaban J connectivity index is 7.03. The monoisotopic (exact) mass is 752 g/mol. The molecule has 0 aliphatic rings. The lowest BCUT2D eigenvalue weighted by Gasteiger charge is -2.38. The molecule has 0 aromatic carbocycles. The first kappa shape index (κ1) is 48.5. The van der Waals surface area contributed by atoms with Crippen molar-refractivity contribution in [2.24, 2.45) is 0 Å². The van der Waals surface area contributed by atoms with Gasteiger partial charge in [0, 0.05) is 0 Å². The molecular weight excluding hydrogens is 708 g/mol. The van der Waals surface area contributed by atoms with Crippen LogP contribution in [0.5, 0.6) is 0 Å². The Morgan fingerprint density at radius 1 is 0.407 bits per heavy atom. The van der Waals surface area contributed by atoms with E-state index >= 15 is 0 Å². The molecule has 0 fully saturated rings. The number of carbonyl (C=O) groups is 2. The van der Waals surface area contributed by atoms with Crippen LogP contribution < -0.4 is 10.6 Å². The summed E-state index contributed by atoms with van der Waals surface area (Å²) in [5, 5.41) is 77.8. The molecule has 290 valence electrons. The van der Waals surface area contributed by atoms with Gasteiger partial charge in [0.25, 0.3) is 11.8 Å². The molecule has 0 radical (unpaired) electrons. The summed E-state index contributed by atoms with van der Waals surface area (Å²) in [4.78, 5) is 28.4. The first-order chi connectivity index (χ1) is 26.3. The Labute approximate surface area is 314 Å². The minimum absolute atomic E-state index is 0.0228. The second-order valence-corrected chi connectivity index (χ2v) is 10.7. The molecule has 0 saturated carbocycles. The summed E-state index contributed by atoms with van der Waals surface area (Å²) in [5.74, 6) is -2.11. The number of nitrogens with one attached hydrogen (secondary N) is 2. The first-order valence-electron chi connectivity index (χ1n) is 16.7. The molecule has 0 saturated heterocycles. The topological polar surface area (TPSA) is 322 Å². The van der Waals surface area contributed by atoms with Crippen molar-refractivity contribution >= 4 is 11.8 Å². The third kappa shape index (κ3) is 21.8. The van der Waals surface area contributed by atoms with E-state index in [-0.39, 0.29) is 104 Å². The standard InChI is InChI=1S/C34H44N10O10/c35-9-1-17-47-25-33(53-23-7-15-41,26-48-18-2-10-36)43-31(45)29(51-21-5-13-39)30(52-22-6-14-40)32(46)44-34(54-24-8-16-42,27-49-19-3-11-37)28-50-20-4-12-38/h29-30H,1-8,17-28H2,(H,43,45)(H,44,46). The van der Waals surface area contributed by atoms with E-state index in [2.05, 4.69) is 10.6 Å². The lowest BCUT2D eigenvalue weighted by Crippen LogP contribution is -2.65. The second kappa shape index (κ2) is 32.2. The van der Waals surface area contributed by atoms with Crippen LogP contribution in [0.15, 0.2) is 0 Å². The van der Waals surface area contributed by atoms with E-state index in [1.54, 1.807) is 0 Å². The average Bonchev–Trinajstić information content (AvgIpc) is 3.16. The summed E-state index contributed by atoms with van der Waals surface area (Å²) in [6.45, 7) is -3.26. The molecule has 0 aromatic heterocycles. The fourth-order valence-electron chi connectivity index (χ4n) is 4.13. The van der Waals surface area contributed by atoms with Gasteiger partial charge in [0.2, 0.25) is 0 Å². The highest BCUT2D eigenvalue weighted by Gasteiger charge is 2.44. The van der Waals surface area contributed by atoms with Gasteiger partial charge in [-0.05, 0) is 0 Å². The quantitative estimate of drug-likeness (QED) is 0.0691. The summed E-state index contributed by atoms with van der Waals surface area (Å²) in [5.41, 5.74) is -3.73. The Kier molecular flexibility index (Phi) is 29.0. The average molecular weight is 753 g/mol. The number of nitrogens with zero attached hydrogens (tertiary/aromatic N) is 8. The van der Waals surface area contributed by atoms with Gasteiger partial charge in [0.05, 0.1) is 179 Å². The van der Waals surface area contributed by atoms with Gasteiger partial charge in [-0.1, -0.05) is 0 Å². The Hall–Kier alpha value is -5.46. The van der Waals surface area contributed by atoms with Crippen LogP contribution in [0.3, 0.4) is 0 Å². The van der Waals surface area contributed by atoms with Crippen molar-refractivity contribution in [2.45, 2.75) is 75.0 Å². The lowest BCUT2D eigenvalue weighted by atomic mass is 10.1. The van der Waals surface area contributed by atoms with Crippen molar-refractivity contribution in [1.29, 1.82) is 42.1 Å². The molecule has 0 aliphatic heterocycles. The van der Waals surface area contributed by atoms with Crippen molar-refractivity contribution in [3.63, 3.8) is 0 Å². The molecule has 0 rings (SSSR count). The molecule has 2 atom stereocenters. The van der Waals surface area contributed by atoms with Crippen LogP contribution in [0.2, 0.25) is 0 Å². The highest BCUT2D eigenvalue weighted by molar-refractivity contribution is 5.91. The van der Waals surface area contributed by atoms with Crippen molar-refractivity contribution in [1.82, 2.24) is 10.6 Å². The lowest BCUT2D eigenvalue weighted by molar-refractivity contribution is -0.185. The minimum Gasteiger partial charge on any atom is -0.375 e. The van der Waals surface area contributed by atoms with E-state index in [1.807, 2.05) is 48.6 Å². The van der Waals surface area contributed by atoms with Crippen LogP contribution in [0.1, 0.15) is 51.4 Å². The maximum Gasteiger partial charge on any atom is 0.254 e. The molecular formula is C34H44N10O10. The summed E-state index contributed by atoms with van der Waals surface area (Å²) in [6, 6.07) is 15.2. The van der Waals surface area contributed by atoms with Crippen LogP contribution in [0.25, 0.3) is 0 Å². The summed E-state index contributed by atoms with van der Waals surface area (Å²) in [7, 11) is 0. The maximum absolute atomic E-state index is 14.2. The van der Waals surface area contributed by atoms with Gasteiger partial charge >= 0.3 is 0 Å². The van der Waals surface area contributed by atoms with Gasteiger partial charge in [0.15, 0.2) is 23.7 Å². The fraction of sp³-hybridized carbons (Fsp3) is 0.706. The first-order valence-corrected chi connectivity index (χ1v) is 16.7. The number of ether oxygens (including phenoxy) is 8. The smallest absolute Gasteiger partial charge is 0.254 e. The summed E-state index contributed by atoms with van der Waals surface area (Å²) >= 11 is 0. The molecule has 0 spiro atoms. The van der Waals surface area contributed by atoms with Crippen molar-refractivity contribution < 1.29 is 47.5 Å². The van der Waals surface area contributed by atoms with Gasteiger partial charge in [-0.25, -0.2) is 0 Å². The Bertz CT molecular complexity index is 1290. The van der Waals surface area contributed by atoms with Gasteiger partial charge < -0.3 is 48.5 Å². The maximum atomic E-state index is 14.2. The van der Waals surface area contributed by atoms with Crippen LogP contribution in [-0.2, 0) is 47.5 Å². The summed E-state index contributed by atoms with van der Waals surface area (Å²) in [6.07, 6.45) is -4.54. The number of hydrogen-bond donors (Lipinski definition) is 2. The number of nitriles is 8. The van der Waals surface area contributed by atoms with Crippen LogP contribution in [0.4, 0.5) is 0 Å². The third-order valence-corrected chi connectivity index (χ3v) is 6.47. The zero-order valence-electron chi connectivity index (χ0n) is 30.0. The molecule has 54 heavy (non-hydrogen) atoms. The highest BCUT2D eigenvalue weighted by Crippen LogP contribution is 2.18. The van der Waals surface area contributed by atoms with E-state index in [1.165, 1.54) is 0 Å². The minimum atomic E-state index is -1.87. The molecule has 2 N–H and O–H groups in total. The zero-order chi connectivity index (χ0) is 40.2. The van der Waals surface area contributed by atoms with E-state index in [9.17, 15) is 20.1 Å². The van der Waals surface area contributed by atoms with Crippen LogP contribution >= 0.6 is 0 Å². The molecule has 2 unspecified atom stereocenters. The molecule has 20 nitrogen and oxygen atoms in total. The van der Waals surface area contributed by atoms with E-state index in [4.69, 9.17) is 69.5 Å². The zero-order valence-corrected chi connectivity index (χ0v) is 30.0. The molecule has 20 heteroatoms. The Morgan fingerprint density at radius 2 is 0.648 bits per heavy atom. The highest BCUT2D eigenvalue weighted by atomic mass is 16.6. The normalized spacial score (nSPS) is 11.8. The molecule has 0 bridgehead atoms. The van der Waals surface area contributed by atoms with Gasteiger partial charge in [-0.15, -0.1) is 0 Å². The molecule has 0 aliphatic carbocycles. The number of carbonyl (C=O) groups excluding carboxylic acids is 2. The molecule has 0 heterocycles. The Morgan fingerprint density at radius 3 is 0.907 bits per heavy atom. The van der Waals surface area contributed by atoms with Gasteiger partial charge in [-0.2, -0.15) is 42.1 Å². The van der Waals surface area contributed by atoms with Crippen LogP contribution in [0, 0.1) is 90.6 Å². The molecule has 0 aromatic rings. The van der Waals surface area contributed by atoms with Gasteiger partial charge in [-0.3, -0.25) is 9.59 Å². The number of amides is 2. The summed E-state index contributed by atoms with van der Waals surface area (Å²) < 4.78 is 45.7. The molecule has 2 amide bonds. The second-order valence-electron chi connectivity index (χ2n) is 10.7. The largest absolute Gasteiger partial charge is 0.375 e. The predicted octanol–water partition coefficient (Wildman–Crippen LogP) is 0.791. The van der Waals surface area contributed by atoms with E-state index in [0.717, 1.165) is 0 Å². The van der Waals surface area contributed by atoms with Gasteiger partial charge in [0.1, 0.15) is 0 Å². The number of rotatable bonds is 33.